The van der Waals surface area contributed by atoms with Crippen LogP contribution in [0.1, 0.15) is 17.4 Å². The van der Waals surface area contributed by atoms with E-state index in [1.54, 1.807) is 17.4 Å². The first-order valence-electron chi connectivity index (χ1n) is 6.29. The van der Waals surface area contributed by atoms with Crippen LogP contribution in [0, 0.1) is 0 Å². The van der Waals surface area contributed by atoms with Gasteiger partial charge in [-0.2, -0.15) is 0 Å². The fourth-order valence-electron chi connectivity index (χ4n) is 2.24. The Hall–Kier alpha value is -1.18. The molecule has 0 aliphatic carbocycles. The van der Waals surface area contributed by atoms with E-state index in [2.05, 4.69) is 4.90 Å². The lowest BCUT2D eigenvalue weighted by molar-refractivity contribution is -0.131. The van der Waals surface area contributed by atoms with Crippen LogP contribution in [0.15, 0.2) is 17.5 Å². The highest BCUT2D eigenvalue weighted by atomic mass is 32.2. The van der Waals surface area contributed by atoms with Crippen LogP contribution >= 0.6 is 11.3 Å². The van der Waals surface area contributed by atoms with Crippen molar-refractivity contribution in [3.8, 4) is 0 Å². The molecule has 20 heavy (non-hydrogen) atoms. The number of nitrogens with zero attached hydrogens (tertiary/aromatic N) is 1. The maximum absolute atomic E-state index is 11.6. The summed E-state index contributed by atoms with van der Waals surface area (Å²) in [5.41, 5.74) is 0.887. The largest absolute Gasteiger partial charge is 0.478 e. The number of carboxylic acids is 1. The van der Waals surface area contributed by atoms with E-state index in [1.165, 1.54) is 0 Å². The standard InChI is InChI=1S/C13H17NO4S2/c1-10-9-20(17,18)7-5-14(10)8-12-11(4-6-19-12)2-3-13(15)16/h2-4,6,10H,5,7-9H2,1H3,(H,15,16)/b3-2+. The van der Waals surface area contributed by atoms with Gasteiger partial charge in [0.05, 0.1) is 11.5 Å². The van der Waals surface area contributed by atoms with Crippen LogP contribution in [-0.4, -0.2) is 48.5 Å². The number of sulfone groups is 1. The zero-order valence-corrected chi connectivity index (χ0v) is 12.8. The Kier molecular flexibility index (Phi) is 4.62. The first kappa shape index (κ1) is 15.2. The zero-order chi connectivity index (χ0) is 14.8. The van der Waals surface area contributed by atoms with Crippen molar-refractivity contribution in [1.82, 2.24) is 4.90 Å². The normalized spacial score (nSPS) is 23.1. The van der Waals surface area contributed by atoms with Crippen LogP contribution in [0.2, 0.25) is 0 Å². The summed E-state index contributed by atoms with van der Waals surface area (Å²) in [7, 11) is -2.91. The fraction of sp³-hybridized carbons (Fsp3) is 0.462. The number of thiophene rings is 1. The van der Waals surface area contributed by atoms with Crippen molar-refractivity contribution in [2.24, 2.45) is 0 Å². The minimum atomic E-state index is -2.91. The molecular formula is C13H17NO4S2. The molecule has 1 saturated heterocycles. The molecule has 1 aliphatic heterocycles. The Morgan fingerprint density at radius 2 is 2.35 bits per heavy atom. The lowest BCUT2D eigenvalue weighted by Gasteiger charge is -2.32. The summed E-state index contributed by atoms with van der Waals surface area (Å²) >= 11 is 1.56. The van der Waals surface area contributed by atoms with E-state index in [-0.39, 0.29) is 17.5 Å². The summed E-state index contributed by atoms with van der Waals surface area (Å²) in [6.45, 7) is 3.11. The fourth-order valence-corrected chi connectivity index (χ4v) is 4.76. The highest BCUT2D eigenvalue weighted by Gasteiger charge is 2.28. The molecule has 0 spiro atoms. The van der Waals surface area contributed by atoms with Crippen LogP contribution in [-0.2, 0) is 21.2 Å². The number of carbonyl (C=O) groups is 1. The van der Waals surface area contributed by atoms with Crippen molar-refractivity contribution in [1.29, 1.82) is 0 Å². The third-order valence-electron chi connectivity index (χ3n) is 3.34. The molecule has 2 heterocycles. The highest BCUT2D eigenvalue weighted by Crippen LogP contribution is 2.23. The smallest absolute Gasteiger partial charge is 0.328 e. The van der Waals surface area contributed by atoms with Gasteiger partial charge in [0.1, 0.15) is 0 Å². The molecule has 5 nitrogen and oxygen atoms in total. The number of carboxylic acid groups (broad SMARTS) is 1. The van der Waals surface area contributed by atoms with E-state index in [0.717, 1.165) is 16.5 Å². The van der Waals surface area contributed by atoms with Gasteiger partial charge < -0.3 is 5.11 Å². The molecule has 0 bridgehead atoms. The van der Waals surface area contributed by atoms with Gasteiger partial charge in [-0.15, -0.1) is 11.3 Å². The van der Waals surface area contributed by atoms with Gasteiger partial charge >= 0.3 is 5.97 Å². The second-order valence-electron chi connectivity index (χ2n) is 4.90. The Morgan fingerprint density at radius 3 is 3.00 bits per heavy atom. The Labute approximate surface area is 122 Å². The van der Waals surface area contributed by atoms with Gasteiger partial charge in [-0.05, 0) is 30.0 Å². The summed E-state index contributed by atoms with van der Waals surface area (Å²) in [5.74, 6) is -0.582. The molecule has 2 rings (SSSR count). The van der Waals surface area contributed by atoms with Crippen LogP contribution in [0.5, 0.6) is 0 Å². The van der Waals surface area contributed by atoms with Crippen LogP contribution in [0.3, 0.4) is 0 Å². The second-order valence-corrected chi connectivity index (χ2v) is 8.13. The van der Waals surface area contributed by atoms with Gasteiger partial charge in [-0.25, -0.2) is 13.2 Å². The van der Waals surface area contributed by atoms with Gasteiger partial charge in [0.2, 0.25) is 0 Å². The molecule has 1 fully saturated rings. The molecule has 1 aromatic rings. The van der Waals surface area contributed by atoms with Crippen molar-refractivity contribution in [2.75, 3.05) is 18.1 Å². The summed E-state index contributed by atoms with van der Waals surface area (Å²) in [6, 6.07) is 1.87. The summed E-state index contributed by atoms with van der Waals surface area (Å²) in [5, 5.41) is 10.6. The molecule has 0 aromatic carbocycles. The minimum Gasteiger partial charge on any atom is -0.478 e. The predicted octanol–water partition coefficient (Wildman–Crippen LogP) is 1.46. The Balaban J connectivity index is 2.08. The minimum absolute atomic E-state index is 0.00727. The maximum atomic E-state index is 11.6. The lowest BCUT2D eigenvalue weighted by Crippen LogP contribution is -2.46. The summed E-state index contributed by atoms with van der Waals surface area (Å²) < 4.78 is 23.1. The topological polar surface area (TPSA) is 74.7 Å². The average molecular weight is 315 g/mol. The van der Waals surface area contributed by atoms with E-state index in [0.29, 0.717) is 13.1 Å². The number of rotatable bonds is 4. The SMILES string of the molecule is CC1CS(=O)(=O)CCN1Cc1sccc1/C=C/C(=O)O. The summed E-state index contributed by atoms with van der Waals surface area (Å²) in [6.07, 6.45) is 2.70. The van der Waals surface area contributed by atoms with E-state index >= 15 is 0 Å². The van der Waals surface area contributed by atoms with Crippen LogP contribution in [0.4, 0.5) is 0 Å². The second kappa shape index (κ2) is 6.07. The molecule has 0 amide bonds. The van der Waals surface area contributed by atoms with Crippen molar-refractivity contribution in [3.05, 3.63) is 28.0 Å². The first-order chi connectivity index (χ1) is 9.37. The van der Waals surface area contributed by atoms with Gasteiger partial charge in [0.25, 0.3) is 0 Å². The van der Waals surface area contributed by atoms with E-state index < -0.39 is 15.8 Å². The van der Waals surface area contributed by atoms with Gasteiger partial charge in [-0.1, -0.05) is 0 Å². The first-order valence-corrected chi connectivity index (χ1v) is 8.99. The zero-order valence-electron chi connectivity index (χ0n) is 11.2. The number of hydrogen-bond acceptors (Lipinski definition) is 5. The quantitative estimate of drug-likeness (QED) is 0.852. The third kappa shape index (κ3) is 3.91. The Bertz CT molecular complexity index is 618. The molecule has 1 N–H and O–H groups in total. The molecule has 110 valence electrons. The van der Waals surface area contributed by atoms with E-state index in [4.69, 9.17) is 5.11 Å². The van der Waals surface area contributed by atoms with Gasteiger partial charge in [0, 0.05) is 30.1 Å². The number of hydrogen-bond donors (Lipinski definition) is 1. The molecule has 1 aliphatic rings. The third-order valence-corrected chi connectivity index (χ3v) is 6.06. The molecule has 0 saturated carbocycles. The van der Waals surface area contributed by atoms with E-state index in [9.17, 15) is 13.2 Å². The predicted molar refractivity (Wildman–Crippen MR) is 79.5 cm³/mol. The van der Waals surface area contributed by atoms with Crippen LogP contribution in [0.25, 0.3) is 6.08 Å². The molecular weight excluding hydrogens is 298 g/mol. The molecule has 0 radical (unpaired) electrons. The van der Waals surface area contributed by atoms with Gasteiger partial charge in [0.15, 0.2) is 9.84 Å². The van der Waals surface area contributed by atoms with Crippen molar-refractivity contribution in [2.45, 2.75) is 19.5 Å². The summed E-state index contributed by atoms with van der Waals surface area (Å²) in [4.78, 5) is 13.8. The van der Waals surface area contributed by atoms with Crippen molar-refractivity contribution in [3.63, 3.8) is 0 Å². The molecule has 1 atom stereocenters. The molecule has 1 aromatic heterocycles. The maximum Gasteiger partial charge on any atom is 0.328 e. The molecule has 7 heteroatoms. The monoisotopic (exact) mass is 315 g/mol. The highest BCUT2D eigenvalue weighted by molar-refractivity contribution is 7.91. The van der Waals surface area contributed by atoms with E-state index in [1.807, 2.05) is 18.4 Å². The van der Waals surface area contributed by atoms with Crippen LogP contribution < -0.4 is 0 Å². The Morgan fingerprint density at radius 1 is 1.60 bits per heavy atom. The average Bonchev–Trinajstić information content (AvgIpc) is 2.77. The van der Waals surface area contributed by atoms with Crippen molar-refractivity contribution >= 4 is 33.2 Å². The van der Waals surface area contributed by atoms with Gasteiger partial charge in [-0.3, -0.25) is 4.90 Å². The van der Waals surface area contributed by atoms with Crippen molar-refractivity contribution < 1.29 is 18.3 Å². The molecule has 1 unspecified atom stereocenters. The lowest BCUT2D eigenvalue weighted by atomic mass is 10.2. The number of aliphatic carboxylic acids is 1.